The molecule has 0 bridgehead atoms. The van der Waals surface area contributed by atoms with Crippen LogP contribution in [-0.2, 0) is 19.1 Å². The Balaban J connectivity index is 1.37. The predicted octanol–water partition coefficient (Wildman–Crippen LogP) is 2.84. The highest BCUT2D eigenvalue weighted by Gasteiger charge is 2.31. The van der Waals surface area contributed by atoms with Crippen molar-refractivity contribution in [1.29, 1.82) is 0 Å². The van der Waals surface area contributed by atoms with Crippen molar-refractivity contribution in [3.8, 4) is 0 Å². The molecule has 1 fully saturated rings. The van der Waals surface area contributed by atoms with E-state index < -0.39 is 11.7 Å². The van der Waals surface area contributed by atoms with Gasteiger partial charge >= 0.3 is 6.18 Å². The molecule has 2 amide bonds. The van der Waals surface area contributed by atoms with Crippen LogP contribution in [0.4, 0.5) is 13.2 Å². The van der Waals surface area contributed by atoms with Gasteiger partial charge in [0.15, 0.2) is 5.69 Å². The number of nitrogens with zero attached hydrogens (tertiary/aromatic N) is 4. The van der Waals surface area contributed by atoms with Gasteiger partial charge in [-0.15, -0.1) is 0 Å². The van der Waals surface area contributed by atoms with Crippen molar-refractivity contribution in [2.45, 2.75) is 32.0 Å². The topological polar surface area (TPSA) is 58.4 Å². The smallest absolute Gasteiger partial charge is 0.335 e. The lowest BCUT2D eigenvalue weighted by atomic mass is 10.1. The second kappa shape index (κ2) is 7.53. The number of halogens is 3. The summed E-state index contributed by atoms with van der Waals surface area (Å²) in [5, 5.41) is 4.41. The van der Waals surface area contributed by atoms with Gasteiger partial charge in [-0.25, -0.2) is 0 Å². The number of aromatic nitrogens is 2. The highest BCUT2D eigenvalue weighted by atomic mass is 19.4. The molecule has 9 heteroatoms. The van der Waals surface area contributed by atoms with Crippen molar-refractivity contribution in [1.82, 2.24) is 19.6 Å². The van der Waals surface area contributed by atoms with Crippen LogP contribution < -0.4 is 0 Å². The first-order valence-electron chi connectivity index (χ1n) is 9.65. The molecule has 1 saturated heterocycles. The maximum Gasteiger partial charge on any atom is 0.416 e. The Morgan fingerprint density at radius 2 is 1.48 bits per heavy atom. The minimum Gasteiger partial charge on any atom is -0.335 e. The van der Waals surface area contributed by atoms with Crippen molar-refractivity contribution in [2.75, 3.05) is 26.2 Å². The van der Waals surface area contributed by atoms with Crippen LogP contribution in [0.15, 0.2) is 30.3 Å². The maximum absolute atomic E-state index is 12.7. The number of hydrogen-bond acceptors (Lipinski definition) is 3. The second-order valence-corrected chi connectivity index (χ2v) is 7.36. The largest absolute Gasteiger partial charge is 0.416 e. The van der Waals surface area contributed by atoms with Crippen LogP contribution in [0, 0.1) is 0 Å². The van der Waals surface area contributed by atoms with E-state index in [9.17, 15) is 22.8 Å². The molecule has 6 nitrogen and oxygen atoms in total. The zero-order valence-corrected chi connectivity index (χ0v) is 15.8. The predicted molar refractivity (Wildman–Crippen MR) is 98.4 cm³/mol. The second-order valence-electron chi connectivity index (χ2n) is 7.36. The van der Waals surface area contributed by atoms with Crippen LogP contribution >= 0.6 is 0 Å². The van der Waals surface area contributed by atoms with Gasteiger partial charge in [-0.1, -0.05) is 0 Å². The molecule has 1 aromatic carbocycles. The molecule has 29 heavy (non-hydrogen) atoms. The van der Waals surface area contributed by atoms with E-state index in [1.165, 1.54) is 12.1 Å². The lowest BCUT2D eigenvalue weighted by Gasteiger charge is -2.34. The van der Waals surface area contributed by atoms with E-state index in [-0.39, 0.29) is 17.4 Å². The number of fused-ring (bicyclic) bond motifs is 1. The third-order valence-electron chi connectivity index (χ3n) is 5.45. The number of carbonyl (C=O) groups is 2. The summed E-state index contributed by atoms with van der Waals surface area (Å²) < 4.78 is 39.9. The fourth-order valence-electron chi connectivity index (χ4n) is 3.78. The monoisotopic (exact) mass is 406 g/mol. The summed E-state index contributed by atoms with van der Waals surface area (Å²) in [6, 6.07) is 6.05. The Hall–Kier alpha value is -2.84. The number of alkyl halides is 3. The SMILES string of the molecule is O=C(c1ccc(C(F)(F)F)cc1)N1CCN(C(=O)c2cc3n(n2)CCCC3)CC1. The third-order valence-corrected chi connectivity index (χ3v) is 5.45. The van der Waals surface area contributed by atoms with Gasteiger partial charge in [0.25, 0.3) is 11.8 Å². The molecule has 0 N–H and O–H groups in total. The molecule has 1 aromatic heterocycles. The van der Waals surface area contributed by atoms with Gasteiger partial charge in [0.2, 0.25) is 0 Å². The molecule has 2 aromatic rings. The van der Waals surface area contributed by atoms with Gasteiger partial charge in [-0.05, 0) is 49.6 Å². The Morgan fingerprint density at radius 1 is 0.862 bits per heavy atom. The molecule has 0 spiro atoms. The van der Waals surface area contributed by atoms with E-state index in [0.717, 1.165) is 43.6 Å². The van der Waals surface area contributed by atoms with Gasteiger partial charge in [0.1, 0.15) is 0 Å². The Bertz CT molecular complexity index is 889. The minimum absolute atomic E-state index is 0.145. The molecule has 4 rings (SSSR count). The highest BCUT2D eigenvalue weighted by molar-refractivity contribution is 5.95. The lowest BCUT2D eigenvalue weighted by Crippen LogP contribution is -2.50. The molecule has 3 heterocycles. The van der Waals surface area contributed by atoms with Crippen molar-refractivity contribution in [2.24, 2.45) is 0 Å². The van der Waals surface area contributed by atoms with Crippen LogP contribution in [0.25, 0.3) is 0 Å². The van der Waals surface area contributed by atoms with Gasteiger partial charge < -0.3 is 9.80 Å². The Morgan fingerprint density at radius 3 is 2.07 bits per heavy atom. The van der Waals surface area contributed by atoms with Crippen molar-refractivity contribution < 1.29 is 22.8 Å². The van der Waals surface area contributed by atoms with Crippen molar-refractivity contribution in [3.05, 3.63) is 52.8 Å². The van der Waals surface area contributed by atoms with Crippen LogP contribution in [-0.4, -0.2) is 57.6 Å². The molecule has 0 unspecified atom stereocenters. The minimum atomic E-state index is -4.43. The average Bonchev–Trinajstić information content (AvgIpc) is 3.16. The zero-order chi connectivity index (χ0) is 20.6. The van der Waals surface area contributed by atoms with Gasteiger partial charge in [-0.3, -0.25) is 14.3 Å². The first-order valence-corrected chi connectivity index (χ1v) is 9.65. The molecule has 2 aliphatic rings. The highest BCUT2D eigenvalue weighted by Crippen LogP contribution is 2.29. The molecular formula is C20H21F3N4O2. The first-order chi connectivity index (χ1) is 13.8. The van der Waals surface area contributed by atoms with Crippen molar-refractivity contribution in [3.63, 3.8) is 0 Å². The third kappa shape index (κ3) is 3.99. The molecule has 0 saturated carbocycles. The van der Waals surface area contributed by atoms with E-state index in [1.807, 2.05) is 10.7 Å². The summed E-state index contributed by atoms with van der Waals surface area (Å²) in [5.41, 5.74) is 0.937. The van der Waals surface area contributed by atoms with E-state index in [0.29, 0.717) is 31.9 Å². The maximum atomic E-state index is 12.7. The van der Waals surface area contributed by atoms with Gasteiger partial charge in [-0.2, -0.15) is 18.3 Å². The zero-order valence-electron chi connectivity index (χ0n) is 15.8. The quantitative estimate of drug-likeness (QED) is 0.771. The number of carbonyl (C=O) groups excluding carboxylic acids is 2. The standard InChI is InChI=1S/C20H21F3N4O2/c21-20(22,23)15-6-4-14(5-7-15)18(28)25-9-11-26(12-10-25)19(29)17-13-16-3-1-2-8-27(16)24-17/h4-7,13H,1-3,8-12H2. The molecule has 154 valence electrons. The summed E-state index contributed by atoms with van der Waals surface area (Å²) in [6.45, 7) is 2.23. The Labute approximate surface area is 165 Å². The number of piperazine rings is 1. The average molecular weight is 406 g/mol. The van der Waals surface area contributed by atoms with Crippen LogP contribution in [0.1, 0.15) is 44.9 Å². The first kappa shape index (κ1) is 19.5. The summed E-state index contributed by atoms with van der Waals surface area (Å²) in [5.74, 6) is -0.475. The molecule has 0 aliphatic carbocycles. The van der Waals surface area contributed by atoms with Gasteiger partial charge in [0, 0.05) is 44.0 Å². The molecule has 0 radical (unpaired) electrons. The van der Waals surface area contributed by atoms with E-state index >= 15 is 0 Å². The summed E-state index contributed by atoms with van der Waals surface area (Å²) in [4.78, 5) is 28.5. The van der Waals surface area contributed by atoms with Crippen LogP contribution in [0.2, 0.25) is 0 Å². The Kier molecular flexibility index (Phi) is 5.06. The number of rotatable bonds is 2. The van der Waals surface area contributed by atoms with E-state index in [2.05, 4.69) is 5.10 Å². The summed E-state index contributed by atoms with van der Waals surface area (Å²) in [7, 11) is 0. The molecular weight excluding hydrogens is 385 g/mol. The summed E-state index contributed by atoms with van der Waals surface area (Å²) >= 11 is 0. The van der Waals surface area contributed by atoms with Crippen molar-refractivity contribution >= 4 is 11.8 Å². The number of benzene rings is 1. The fraction of sp³-hybridized carbons (Fsp3) is 0.450. The fourth-order valence-corrected chi connectivity index (χ4v) is 3.78. The van der Waals surface area contributed by atoms with Crippen LogP contribution in [0.5, 0.6) is 0 Å². The number of aryl methyl sites for hydroxylation is 2. The van der Waals surface area contributed by atoms with Crippen LogP contribution in [0.3, 0.4) is 0 Å². The number of amides is 2. The molecule has 2 aliphatic heterocycles. The molecule has 0 atom stereocenters. The summed E-state index contributed by atoms with van der Waals surface area (Å²) in [6.07, 6.45) is -1.34. The van der Waals surface area contributed by atoms with E-state index in [4.69, 9.17) is 0 Å². The number of hydrogen-bond donors (Lipinski definition) is 0. The van der Waals surface area contributed by atoms with Gasteiger partial charge in [0.05, 0.1) is 5.56 Å². The normalized spacial score (nSPS) is 17.2. The van der Waals surface area contributed by atoms with E-state index in [1.54, 1.807) is 9.80 Å². The lowest BCUT2D eigenvalue weighted by molar-refractivity contribution is -0.137.